The molecule has 1 rings (SSSR count). The van der Waals surface area contributed by atoms with Crippen molar-refractivity contribution in [3.8, 4) is 0 Å². The molecule has 0 aliphatic heterocycles. The van der Waals surface area contributed by atoms with Gasteiger partial charge in [0.15, 0.2) is 0 Å². The summed E-state index contributed by atoms with van der Waals surface area (Å²) in [5.74, 6) is -0.401. The van der Waals surface area contributed by atoms with Gasteiger partial charge in [-0.05, 0) is 29.2 Å². The molecule has 2 nitrogen and oxygen atoms in total. The molecular formula is C11H14NO. The number of primary amides is 1. The minimum Gasteiger partial charge on any atom is -0.366 e. The van der Waals surface area contributed by atoms with E-state index >= 15 is 0 Å². The molecule has 1 amide bonds. The quantitative estimate of drug-likeness (QED) is 0.697. The predicted octanol–water partition coefficient (Wildman–Crippen LogP) is 1.88. The van der Waals surface area contributed by atoms with Gasteiger partial charge < -0.3 is 5.73 Å². The van der Waals surface area contributed by atoms with Gasteiger partial charge >= 0.3 is 0 Å². The van der Waals surface area contributed by atoms with E-state index in [2.05, 4.69) is 26.8 Å². The molecule has 0 heterocycles. The number of hydrogen-bond acceptors (Lipinski definition) is 1. The van der Waals surface area contributed by atoms with Crippen LogP contribution in [0.5, 0.6) is 0 Å². The average Bonchev–Trinajstić information content (AvgIpc) is 2.03. The Morgan fingerprint density at radius 1 is 1.38 bits per heavy atom. The van der Waals surface area contributed by atoms with Crippen molar-refractivity contribution in [1.29, 1.82) is 0 Å². The molecule has 13 heavy (non-hydrogen) atoms. The van der Waals surface area contributed by atoms with E-state index in [-0.39, 0.29) is 5.41 Å². The summed E-state index contributed by atoms with van der Waals surface area (Å²) in [6.45, 7) is 6.25. The van der Waals surface area contributed by atoms with Crippen LogP contribution < -0.4 is 5.73 Å². The molecular weight excluding hydrogens is 162 g/mol. The van der Waals surface area contributed by atoms with Crippen LogP contribution in [0.4, 0.5) is 0 Å². The van der Waals surface area contributed by atoms with Gasteiger partial charge in [-0.25, -0.2) is 0 Å². The van der Waals surface area contributed by atoms with Crippen LogP contribution in [-0.4, -0.2) is 5.91 Å². The van der Waals surface area contributed by atoms with Crippen LogP contribution in [0.25, 0.3) is 0 Å². The zero-order valence-electron chi connectivity index (χ0n) is 8.22. The molecule has 69 valence electrons. The Bertz CT molecular complexity index is 323. The number of amides is 1. The lowest BCUT2D eigenvalue weighted by atomic mass is 9.86. The number of carbonyl (C=O) groups excluding carboxylic acids is 1. The minimum absolute atomic E-state index is 0.0297. The first-order chi connectivity index (χ1) is 5.91. The first-order valence-corrected chi connectivity index (χ1v) is 4.22. The summed E-state index contributed by atoms with van der Waals surface area (Å²) >= 11 is 0. The lowest BCUT2D eigenvalue weighted by molar-refractivity contribution is 0.1000. The summed E-state index contributed by atoms with van der Waals surface area (Å²) in [7, 11) is 0. The van der Waals surface area contributed by atoms with Gasteiger partial charge in [-0.3, -0.25) is 4.79 Å². The topological polar surface area (TPSA) is 43.1 Å². The molecule has 1 radical (unpaired) electrons. The molecule has 1 aromatic rings. The Morgan fingerprint density at radius 3 is 2.46 bits per heavy atom. The number of carbonyl (C=O) groups is 1. The SMILES string of the molecule is CC(C)(C)c1c[c]cc(C(N)=O)c1. The van der Waals surface area contributed by atoms with Gasteiger partial charge in [0.2, 0.25) is 5.91 Å². The molecule has 0 saturated heterocycles. The van der Waals surface area contributed by atoms with Crippen LogP contribution in [0.2, 0.25) is 0 Å². The molecule has 1 aromatic carbocycles. The van der Waals surface area contributed by atoms with Crippen molar-refractivity contribution in [2.24, 2.45) is 5.73 Å². The monoisotopic (exact) mass is 176 g/mol. The molecule has 0 saturated carbocycles. The lowest BCUT2D eigenvalue weighted by Crippen LogP contribution is -2.15. The Kier molecular flexibility index (Phi) is 2.41. The Morgan fingerprint density at radius 2 is 2.00 bits per heavy atom. The van der Waals surface area contributed by atoms with E-state index in [0.29, 0.717) is 5.56 Å². The zero-order valence-corrected chi connectivity index (χ0v) is 8.22. The highest BCUT2D eigenvalue weighted by Gasteiger charge is 2.14. The molecule has 0 aliphatic carbocycles. The first kappa shape index (κ1) is 9.78. The molecule has 0 unspecified atom stereocenters. The summed E-state index contributed by atoms with van der Waals surface area (Å²) in [5, 5.41) is 0. The van der Waals surface area contributed by atoms with Crippen molar-refractivity contribution in [3.05, 3.63) is 35.4 Å². The predicted molar refractivity (Wildman–Crippen MR) is 52.5 cm³/mol. The van der Waals surface area contributed by atoms with E-state index in [0.717, 1.165) is 5.56 Å². The third-order valence-electron chi connectivity index (χ3n) is 1.94. The zero-order chi connectivity index (χ0) is 10.1. The standard InChI is InChI=1S/C11H14NO/c1-11(2,3)9-6-4-5-8(7-9)10(12)13/h5-7H,1-3H3,(H2,12,13). The fourth-order valence-electron chi connectivity index (χ4n) is 1.05. The smallest absolute Gasteiger partial charge is 0.248 e. The van der Waals surface area contributed by atoms with Gasteiger partial charge in [0.25, 0.3) is 0 Å². The summed E-state index contributed by atoms with van der Waals surface area (Å²) in [6.07, 6.45) is 0. The van der Waals surface area contributed by atoms with E-state index in [1.807, 2.05) is 12.1 Å². The fourth-order valence-corrected chi connectivity index (χ4v) is 1.05. The Balaban J connectivity index is 3.13. The number of rotatable bonds is 1. The van der Waals surface area contributed by atoms with E-state index in [1.165, 1.54) is 0 Å². The van der Waals surface area contributed by atoms with E-state index < -0.39 is 5.91 Å². The number of benzene rings is 1. The van der Waals surface area contributed by atoms with Crippen molar-refractivity contribution < 1.29 is 4.79 Å². The molecule has 2 N–H and O–H groups in total. The van der Waals surface area contributed by atoms with Gasteiger partial charge in [-0.1, -0.05) is 26.8 Å². The fraction of sp³-hybridized carbons (Fsp3) is 0.364. The van der Waals surface area contributed by atoms with Gasteiger partial charge in [0.1, 0.15) is 0 Å². The third-order valence-corrected chi connectivity index (χ3v) is 1.94. The molecule has 0 aliphatic rings. The second-order valence-corrected chi connectivity index (χ2v) is 4.12. The van der Waals surface area contributed by atoms with Gasteiger partial charge in [0.05, 0.1) is 0 Å². The van der Waals surface area contributed by atoms with Crippen molar-refractivity contribution >= 4 is 5.91 Å². The third kappa shape index (κ3) is 2.31. The number of hydrogen-bond donors (Lipinski definition) is 1. The number of nitrogens with two attached hydrogens (primary N) is 1. The molecule has 0 bridgehead atoms. The van der Waals surface area contributed by atoms with Gasteiger partial charge in [0, 0.05) is 5.56 Å². The van der Waals surface area contributed by atoms with E-state index in [4.69, 9.17) is 5.73 Å². The summed E-state index contributed by atoms with van der Waals surface area (Å²) in [6, 6.07) is 8.23. The highest BCUT2D eigenvalue weighted by Crippen LogP contribution is 2.22. The Hall–Kier alpha value is -1.31. The summed E-state index contributed by atoms with van der Waals surface area (Å²) < 4.78 is 0. The molecule has 0 spiro atoms. The molecule has 0 atom stereocenters. The highest BCUT2D eigenvalue weighted by molar-refractivity contribution is 5.92. The second kappa shape index (κ2) is 3.21. The van der Waals surface area contributed by atoms with Crippen LogP contribution in [-0.2, 0) is 5.41 Å². The molecule has 0 fully saturated rings. The normalized spacial score (nSPS) is 11.3. The van der Waals surface area contributed by atoms with Crippen molar-refractivity contribution in [2.75, 3.05) is 0 Å². The molecule has 0 aromatic heterocycles. The van der Waals surface area contributed by atoms with Crippen LogP contribution in [0.3, 0.4) is 0 Å². The summed E-state index contributed by atoms with van der Waals surface area (Å²) in [4.78, 5) is 10.9. The molecule has 2 heteroatoms. The maximum absolute atomic E-state index is 10.9. The van der Waals surface area contributed by atoms with Crippen molar-refractivity contribution in [1.82, 2.24) is 0 Å². The minimum atomic E-state index is -0.401. The summed E-state index contributed by atoms with van der Waals surface area (Å²) in [5.41, 5.74) is 6.79. The maximum Gasteiger partial charge on any atom is 0.248 e. The van der Waals surface area contributed by atoms with Gasteiger partial charge in [-0.15, -0.1) is 0 Å². The van der Waals surface area contributed by atoms with Crippen LogP contribution in [0, 0.1) is 6.07 Å². The van der Waals surface area contributed by atoms with Crippen molar-refractivity contribution in [2.45, 2.75) is 26.2 Å². The van der Waals surface area contributed by atoms with Crippen LogP contribution in [0.1, 0.15) is 36.7 Å². The van der Waals surface area contributed by atoms with Crippen LogP contribution >= 0.6 is 0 Å². The van der Waals surface area contributed by atoms with Gasteiger partial charge in [-0.2, -0.15) is 0 Å². The lowest BCUT2D eigenvalue weighted by Gasteiger charge is -2.18. The highest BCUT2D eigenvalue weighted by atomic mass is 16.1. The average molecular weight is 176 g/mol. The maximum atomic E-state index is 10.9. The second-order valence-electron chi connectivity index (χ2n) is 4.12. The first-order valence-electron chi connectivity index (χ1n) is 4.22. The van der Waals surface area contributed by atoms with E-state index in [9.17, 15) is 4.79 Å². The van der Waals surface area contributed by atoms with Crippen molar-refractivity contribution in [3.63, 3.8) is 0 Å². The van der Waals surface area contributed by atoms with Crippen LogP contribution in [0.15, 0.2) is 18.2 Å². The largest absolute Gasteiger partial charge is 0.366 e. The van der Waals surface area contributed by atoms with E-state index in [1.54, 1.807) is 6.07 Å². The Labute approximate surface area is 78.8 Å².